The first-order valence-corrected chi connectivity index (χ1v) is 8.26. The molecule has 1 N–H and O–H groups in total. The normalized spacial score (nSPS) is 12.7. The van der Waals surface area contributed by atoms with E-state index in [0.29, 0.717) is 0 Å². The van der Waals surface area contributed by atoms with Crippen LogP contribution in [0.4, 0.5) is 10.1 Å². The Morgan fingerprint density at radius 1 is 1.07 bits per heavy atom. The molecule has 0 heterocycles. The quantitative estimate of drug-likeness (QED) is 0.742. The molecule has 1 aromatic rings. The van der Waals surface area contributed by atoms with Crippen molar-refractivity contribution in [2.75, 3.05) is 4.98 Å². The van der Waals surface area contributed by atoms with Crippen molar-refractivity contribution in [1.29, 1.82) is 0 Å². The van der Waals surface area contributed by atoms with Gasteiger partial charge in [0.2, 0.25) is 0 Å². The second-order valence-electron chi connectivity index (χ2n) is 5.51. The Hall–Kier alpha value is -0.833. The number of hydrogen-bond donors (Lipinski definition) is 1. The predicted octanol–water partition coefficient (Wildman–Crippen LogP) is 4.24. The highest BCUT2D eigenvalue weighted by Gasteiger charge is 2.35. The minimum Gasteiger partial charge on any atom is -0.410 e. The van der Waals surface area contributed by atoms with E-state index in [2.05, 4.69) is 38.8 Å². The fraction of sp³-hybridized carbons (Fsp3) is 0.500. The maximum Gasteiger partial charge on any atom is 0.152 e. The average Bonchev–Trinajstić information content (AvgIpc) is 2.06. The molecule has 0 saturated heterocycles. The van der Waals surface area contributed by atoms with Crippen molar-refractivity contribution in [3.63, 3.8) is 0 Å². The Kier molecular flexibility index (Phi) is 3.24. The lowest BCUT2D eigenvalue weighted by atomic mass is 10.2. The molecule has 0 saturated carbocycles. The Bertz CT molecular complexity index is 324. The summed E-state index contributed by atoms with van der Waals surface area (Å²) < 4.78 is 12.7. The van der Waals surface area contributed by atoms with Gasteiger partial charge < -0.3 is 4.98 Å². The summed E-state index contributed by atoms with van der Waals surface area (Å²) in [6, 6.07) is 6.59. The van der Waals surface area contributed by atoms with Crippen molar-refractivity contribution in [2.24, 2.45) is 0 Å². The highest BCUT2D eigenvalue weighted by Crippen LogP contribution is 2.36. The molecular formula is C12H20FNSi. The lowest BCUT2D eigenvalue weighted by Crippen LogP contribution is -2.45. The van der Waals surface area contributed by atoms with E-state index in [4.69, 9.17) is 0 Å². The van der Waals surface area contributed by atoms with E-state index in [1.54, 1.807) is 12.1 Å². The fourth-order valence-electron chi connectivity index (χ4n) is 1.08. The highest BCUT2D eigenvalue weighted by molar-refractivity contribution is 6.83. The Morgan fingerprint density at radius 2 is 1.53 bits per heavy atom. The number of anilines is 1. The van der Waals surface area contributed by atoms with Crippen LogP contribution in [0.25, 0.3) is 0 Å². The van der Waals surface area contributed by atoms with E-state index in [1.807, 2.05) is 0 Å². The van der Waals surface area contributed by atoms with Gasteiger partial charge >= 0.3 is 0 Å². The number of benzene rings is 1. The van der Waals surface area contributed by atoms with Crippen molar-refractivity contribution in [2.45, 2.75) is 38.9 Å². The predicted molar refractivity (Wildman–Crippen MR) is 67.2 cm³/mol. The molecular weight excluding hydrogens is 205 g/mol. The zero-order chi connectivity index (χ0) is 11.7. The van der Waals surface area contributed by atoms with Crippen LogP contribution in [-0.4, -0.2) is 8.24 Å². The SMILES string of the molecule is CC(C)(C)[Si](C)(C)Nc1ccc(F)cc1. The van der Waals surface area contributed by atoms with Crippen molar-refractivity contribution >= 4 is 13.9 Å². The molecule has 0 aliphatic carbocycles. The smallest absolute Gasteiger partial charge is 0.152 e. The molecule has 1 aromatic carbocycles. The molecule has 0 amide bonds. The van der Waals surface area contributed by atoms with Gasteiger partial charge in [-0.15, -0.1) is 0 Å². The van der Waals surface area contributed by atoms with Crippen molar-refractivity contribution in [1.82, 2.24) is 0 Å². The van der Waals surface area contributed by atoms with Gasteiger partial charge in [-0.1, -0.05) is 33.9 Å². The minimum absolute atomic E-state index is 0.184. The number of hydrogen-bond acceptors (Lipinski definition) is 1. The third-order valence-corrected chi connectivity index (χ3v) is 7.84. The zero-order valence-electron chi connectivity index (χ0n) is 10.2. The summed E-state index contributed by atoms with van der Waals surface area (Å²) in [6.07, 6.45) is 0. The number of halogens is 1. The van der Waals surface area contributed by atoms with Gasteiger partial charge in [-0.05, 0) is 29.3 Å². The van der Waals surface area contributed by atoms with Gasteiger partial charge in [0.25, 0.3) is 0 Å². The van der Waals surface area contributed by atoms with Gasteiger partial charge in [-0.25, -0.2) is 4.39 Å². The summed E-state index contributed by atoms with van der Waals surface area (Å²) in [5.41, 5.74) is 1.02. The van der Waals surface area contributed by atoms with E-state index < -0.39 is 8.24 Å². The molecule has 3 heteroatoms. The standard InChI is InChI=1S/C12H20FNSi/c1-12(2,3)15(4,5)14-11-8-6-10(13)7-9-11/h6-9,14H,1-5H3. The van der Waals surface area contributed by atoms with E-state index in [1.165, 1.54) is 12.1 Å². The van der Waals surface area contributed by atoms with Crippen molar-refractivity contribution in [3.8, 4) is 0 Å². The van der Waals surface area contributed by atoms with Crippen LogP contribution < -0.4 is 4.98 Å². The Labute approximate surface area is 92.8 Å². The largest absolute Gasteiger partial charge is 0.410 e. The molecule has 1 rings (SSSR count). The summed E-state index contributed by atoms with van der Waals surface area (Å²) in [6.45, 7) is 11.3. The van der Waals surface area contributed by atoms with Gasteiger partial charge in [0.15, 0.2) is 8.24 Å². The molecule has 0 aliphatic rings. The fourth-order valence-corrected chi connectivity index (χ4v) is 2.34. The first-order valence-electron chi connectivity index (χ1n) is 5.26. The summed E-state index contributed by atoms with van der Waals surface area (Å²) >= 11 is 0. The van der Waals surface area contributed by atoms with Crippen LogP contribution in [0, 0.1) is 5.82 Å². The van der Waals surface area contributed by atoms with Gasteiger partial charge in [-0.2, -0.15) is 0 Å². The van der Waals surface area contributed by atoms with E-state index in [0.717, 1.165) is 5.69 Å². The summed E-state index contributed by atoms with van der Waals surface area (Å²) in [4.78, 5) is 3.56. The molecule has 0 fully saturated rings. The number of rotatable bonds is 2. The van der Waals surface area contributed by atoms with Crippen LogP contribution in [-0.2, 0) is 0 Å². The molecule has 0 bridgehead atoms. The van der Waals surface area contributed by atoms with Crippen molar-refractivity contribution in [3.05, 3.63) is 30.1 Å². The van der Waals surface area contributed by atoms with Crippen LogP contribution in [0.2, 0.25) is 18.1 Å². The maximum absolute atomic E-state index is 12.7. The average molecular weight is 225 g/mol. The Balaban J connectivity index is 2.82. The monoisotopic (exact) mass is 225 g/mol. The van der Waals surface area contributed by atoms with Crippen LogP contribution in [0.15, 0.2) is 24.3 Å². The van der Waals surface area contributed by atoms with Crippen LogP contribution in [0.5, 0.6) is 0 Å². The molecule has 0 spiro atoms. The van der Waals surface area contributed by atoms with E-state index in [-0.39, 0.29) is 10.9 Å². The van der Waals surface area contributed by atoms with Gasteiger partial charge in [0.05, 0.1) is 0 Å². The maximum atomic E-state index is 12.7. The molecule has 1 nitrogen and oxygen atoms in total. The summed E-state index contributed by atoms with van der Waals surface area (Å²) in [5.74, 6) is -0.184. The second-order valence-corrected chi connectivity index (χ2v) is 10.5. The third-order valence-electron chi connectivity index (χ3n) is 3.18. The molecule has 0 atom stereocenters. The van der Waals surface area contributed by atoms with Crippen LogP contribution >= 0.6 is 0 Å². The topological polar surface area (TPSA) is 12.0 Å². The minimum atomic E-state index is -1.54. The number of nitrogens with one attached hydrogen (secondary N) is 1. The molecule has 0 aromatic heterocycles. The molecule has 0 radical (unpaired) electrons. The third kappa shape index (κ3) is 3.06. The van der Waals surface area contributed by atoms with Crippen LogP contribution in [0.1, 0.15) is 20.8 Å². The van der Waals surface area contributed by atoms with Gasteiger partial charge in [-0.3, -0.25) is 0 Å². The second kappa shape index (κ2) is 3.97. The highest BCUT2D eigenvalue weighted by atomic mass is 28.3. The Morgan fingerprint density at radius 3 is 1.93 bits per heavy atom. The zero-order valence-corrected chi connectivity index (χ0v) is 11.2. The van der Waals surface area contributed by atoms with Crippen LogP contribution in [0.3, 0.4) is 0 Å². The summed E-state index contributed by atoms with van der Waals surface area (Å²) in [7, 11) is -1.54. The first kappa shape index (κ1) is 12.2. The lowest BCUT2D eigenvalue weighted by Gasteiger charge is -2.38. The van der Waals surface area contributed by atoms with Crippen molar-refractivity contribution < 1.29 is 4.39 Å². The van der Waals surface area contributed by atoms with Gasteiger partial charge in [0.1, 0.15) is 5.82 Å². The van der Waals surface area contributed by atoms with E-state index >= 15 is 0 Å². The molecule has 0 aliphatic heterocycles. The van der Waals surface area contributed by atoms with Gasteiger partial charge in [0, 0.05) is 5.69 Å². The molecule has 15 heavy (non-hydrogen) atoms. The van der Waals surface area contributed by atoms with E-state index in [9.17, 15) is 4.39 Å². The summed E-state index contributed by atoms with van der Waals surface area (Å²) in [5, 5.41) is 0.279. The molecule has 84 valence electrons. The lowest BCUT2D eigenvalue weighted by molar-refractivity contribution is 0.628. The first-order chi connectivity index (χ1) is 6.72. The molecule has 0 unspecified atom stereocenters.